The minimum absolute atomic E-state index is 0.000840. The van der Waals surface area contributed by atoms with E-state index in [1.165, 1.54) is 0 Å². The number of pyridine rings is 1. The molecule has 20 heavy (non-hydrogen) atoms. The van der Waals surface area contributed by atoms with Crippen LogP contribution in [0.15, 0.2) is 46.9 Å². The lowest BCUT2D eigenvalue weighted by Gasteiger charge is -2.09. The Hall–Kier alpha value is -2.20. The van der Waals surface area contributed by atoms with Gasteiger partial charge in [-0.15, -0.1) is 0 Å². The second-order valence-electron chi connectivity index (χ2n) is 4.94. The fourth-order valence-electron chi connectivity index (χ4n) is 2.21. The van der Waals surface area contributed by atoms with Gasteiger partial charge >= 0.3 is 0 Å². The molecule has 4 nitrogen and oxygen atoms in total. The van der Waals surface area contributed by atoms with Gasteiger partial charge in [-0.2, -0.15) is 4.98 Å². The molecule has 2 heterocycles. The lowest BCUT2D eigenvalue weighted by atomic mass is 10.0. The number of hydrogen-bond donors (Lipinski definition) is 1. The molecule has 1 unspecified atom stereocenters. The predicted molar refractivity (Wildman–Crippen MR) is 78.2 cm³/mol. The predicted octanol–water partition coefficient (Wildman–Crippen LogP) is 3.16. The smallest absolute Gasteiger partial charge is 0.199 e. The summed E-state index contributed by atoms with van der Waals surface area (Å²) >= 11 is 0. The number of fused-ring (bicyclic) bond motifs is 1. The van der Waals surface area contributed by atoms with Crippen LogP contribution < -0.4 is 5.73 Å². The summed E-state index contributed by atoms with van der Waals surface area (Å²) in [5.74, 6) is 0.699. The molecule has 0 spiro atoms. The van der Waals surface area contributed by atoms with Gasteiger partial charge in [0.05, 0.1) is 0 Å². The summed E-state index contributed by atoms with van der Waals surface area (Å²) in [5, 5.41) is 0. The van der Waals surface area contributed by atoms with Gasteiger partial charge in [0.15, 0.2) is 17.1 Å². The van der Waals surface area contributed by atoms with Gasteiger partial charge in [-0.3, -0.25) is 0 Å². The van der Waals surface area contributed by atoms with E-state index in [0.717, 1.165) is 23.3 Å². The van der Waals surface area contributed by atoms with Gasteiger partial charge in [-0.05, 0) is 31.0 Å². The Morgan fingerprint density at radius 3 is 2.70 bits per heavy atom. The molecular weight excluding hydrogens is 250 g/mol. The molecule has 0 aliphatic heterocycles. The Morgan fingerprint density at radius 1 is 1.10 bits per heavy atom. The van der Waals surface area contributed by atoms with Crippen molar-refractivity contribution in [3.63, 3.8) is 0 Å². The molecule has 0 bridgehead atoms. The van der Waals surface area contributed by atoms with Gasteiger partial charge < -0.3 is 10.2 Å². The highest BCUT2D eigenvalue weighted by Gasteiger charge is 2.10. The minimum atomic E-state index is 0.000840. The number of benzene rings is 1. The number of hydrogen-bond acceptors (Lipinski definition) is 4. The fraction of sp³-hybridized carbons (Fsp3) is 0.250. The first-order valence-corrected chi connectivity index (χ1v) is 6.76. The topological polar surface area (TPSA) is 64.9 Å². The van der Waals surface area contributed by atoms with Gasteiger partial charge in [0.1, 0.15) is 0 Å². The first-order chi connectivity index (χ1) is 9.72. The van der Waals surface area contributed by atoms with Gasteiger partial charge in [0.25, 0.3) is 0 Å². The maximum Gasteiger partial charge on any atom is 0.199 e. The van der Waals surface area contributed by atoms with E-state index in [-0.39, 0.29) is 6.04 Å². The SMILES string of the molecule is Cc1ccc2oc(CCC(N)c3ccccc3)nc2n1. The Balaban J connectivity index is 1.71. The maximum atomic E-state index is 6.18. The van der Waals surface area contributed by atoms with Gasteiger partial charge in [-0.1, -0.05) is 30.3 Å². The molecule has 1 aromatic carbocycles. The number of nitrogens with two attached hydrogens (primary N) is 1. The van der Waals surface area contributed by atoms with E-state index < -0.39 is 0 Å². The van der Waals surface area contributed by atoms with Crippen molar-refractivity contribution in [1.82, 2.24) is 9.97 Å². The quantitative estimate of drug-likeness (QED) is 0.788. The number of rotatable bonds is 4. The van der Waals surface area contributed by atoms with E-state index >= 15 is 0 Å². The molecule has 1 atom stereocenters. The zero-order valence-corrected chi connectivity index (χ0v) is 11.4. The number of aromatic nitrogens is 2. The summed E-state index contributed by atoms with van der Waals surface area (Å²) in [6.07, 6.45) is 1.52. The first kappa shape index (κ1) is 12.8. The van der Waals surface area contributed by atoms with Crippen LogP contribution in [0.25, 0.3) is 11.2 Å². The lowest BCUT2D eigenvalue weighted by molar-refractivity contribution is 0.501. The van der Waals surface area contributed by atoms with E-state index in [1.807, 2.05) is 49.4 Å². The third-order valence-electron chi connectivity index (χ3n) is 3.33. The van der Waals surface area contributed by atoms with Crippen LogP contribution in [0.2, 0.25) is 0 Å². The van der Waals surface area contributed by atoms with Gasteiger partial charge in [-0.25, -0.2) is 4.98 Å². The molecule has 0 radical (unpaired) electrons. The lowest BCUT2D eigenvalue weighted by Crippen LogP contribution is -2.11. The molecule has 2 aromatic heterocycles. The summed E-state index contributed by atoms with van der Waals surface area (Å²) in [5.41, 5.74) is 9.67. The zero-order valence-electron chi connectivity index (χ0n) is 11.4. The Morgan fingerprint density at radius 2 is 1.90 bits per heavy atom. The van der Waals surface area contributed by atoms with Crippen molar-refractivity contribution < 1.29 is 4.42 Å². The molecular formula is C16H17N3O. The Labute approximate surface area is 117 Å². The summed E-state index contributed by atoms with van der Waals surface area (Å²) in [4.78, 5) is 8.75. The summed E-state index contributed by atoms with van der Waals surface area (Å²) in [7, 11) is 0. The normalized spacial score (nSPS) is 12.7. The zero-order chi connectivity index (χ0) is 13.9. The monoisotopic (exact) mass is 267 g/mol. The van der Waals surface area contributed by atoms with Crippen molar-refractivity contribution in [3.05, 3.63) is 59.6 Å². The standard InChI is InChI=1S/C16H17N3O/c1-11-7-9-14-16(18-11)19-15(20-14)10-8-13(17)12-5-3-2-4-6-12/h2-7,9,13H,8,10,17H2,1H3. The average molecular weight is 267 g/mol. The van der Waals surface area contributed by atoms with Crippen molar-refractivity contribution in [2.24, 2.45) is 5.73 Å². The Kier molecular flexibility index (Phi) is 3.48. The maximum absolute atomic E-state index is 6.18. The third-order valence-corrected chi connectivity index (χ3v) is 3.33. The van der Waals surface area contributed by atoms with Crippen LogP contribution >= 0.6 is 0 Å². The third kappa shape index (κ3) is 2.70. The van der Waals surface area contributed by atoms with Crippen LogP contribution in [0.3, 0.4) is 0 Å². The van der Waals surface area contributed by atoms with Crippen LogP contribution in [-0.4, -0.2) is 9.97 Å². The molecule has 3 aromatic rings. The van der Waals surface area contributed by atoms with E-state index in [1.54, 1.807) is 0 Å². The molecule has 4 heteroatoms. The van der Waals surface area contributed by atoms with Gasteiger partial charge in [0, 0.05) is 18.2 Å². The van der Waals surface area contributed by atoms with Crippen molar-refractivity contribution in [3.8, 4) is 0 Å². The van der Waals surface area contributed by atoms with E-state index in [9.17, 15) is 0 Å². The van der Waals surface area contributed by atoms with E-state index in [4.69, 9.17) is 10.2 Å². The second-order valence-corrected chi connectivity index (χ2v) is 4.94. The average Bonchev–Trinajstić information content (AvgIpc) is 2.87. The molecule has 0 aliphatic carbocycles. The summed E-state index contributed by atoms with van der Waals surface area (Å²) < 4.78 is 5.68. The van der Waals surface area contributed by atoms with Crippen molar-refractivity contribution >= 4 is 11.2 Å². The van der Waals surface area contributed by atoms with Crippen molar-refractivity contribution in [1.29, 1.82) is 0 Å². The summed E-state index contributed by atoms with van der Waals surface area (Å²) in [6.45, 7) is 1.94. The highest BCUT2D eigenvalue weighted by Crippen LogP contribution is 2.19. The molecule has 0 fully saturated rings. The first-order valence-electron chi connectivity index (χ1n) is 6.76. The van der Waals surface area contributed by atoms with E-state index in [0.29, 0.717) is 18.0 Å². The largest absolute Gasteiger partial charge is 0.439 e. The molecule has 3 rings (SSSR count). The molecule has 0 amide bonds. The van der Waals surface area contributed by atoms with Crippen LogP contribution in [-0.2, 0) is 6.42 Å². The molecule has 0 saturated carbocycles. The molecule has 2 N–H and O–H groups in total. The Bertz CT molecular complexity index is 706. The summed E-state index contributed by atoms with van der Waals surface area (Å²) in [6, 6.07) is 13.9. The number of aryl methyl sites for hydroxylation is 2. The fourth-order valence-corrected chi connectivity index (χ4v) is 2.21. The van der Waals surface area contributed by atoms with Crippen LogP contribution in [0, 0.1) is 6.92 Å². The van der Waals surface area contributed by atoms with Crippen molar-refractivity contribution in [2.45, 2.75) is 25.8 Å². The highest BCUT2D eigenvalue weighted by atomic mass is 16.3. The number of nitrogens with zero attached hydrogens (tertiary/aromatic N) is 2. The van der Waals surface area contributed by atoms with Crippen molar-refractivity contribution in [2.75, 3.05) is 0 Å². The van der Waals surface area contributed by atoms with Gasteiger partial charge in [0.2, 0.25) is 0 Å². The molecule has 0 saturated heterocycles. The minimum Gasteiger partial charge on any atom is -0.439 e. The van der Waals surface area contributed by atoms with Crippen LogP contribution in [0.1, 0.15) is 29.6 Å². The second kappa shape index (κ2) is 5.43. The molecule has 102 valence electrons. The van der Waals surface area contributed by atoms with Crippen LogP contribution in [0.4, 0.5) is 0 Å². The van der Waals surface area contributed by atoms with Crippen LogP contribution in [0.5, 0.6) is 0 Å². The molecule has 0 aliphatic rings. The highest BCUT2D eigenvalue weighted by molar-refractivity contribution is 5.67. The van der Waals surface area contributed by atoms with E-state index in [2.05, 4.69) is 9.97 Å². The number of oxazole rings is 1.